The van der Waals surface area contributed by atoms with Gasteiger partial charge in [-0.1, -0.05) is 11.6 Å². The third-order valence-electron chi connectivity index (χ3n) is 1.96. The first kappa shape index (κ1) is 10.4. The molecule has 2 nitrogen and oxygen atoms in total. The molecule has 5 heteroatoms. The molecule has 2 rings (SSSR count). The molecule has 0 saturated carbocycles. The molecule has 0 amide bonds. The quantitative estimate of drug-likeness (QED) is 0.718. The number of carbonyl (C=O) groups is 1. The van der Waals surface area contributed by atoms with Crippen LogP contribution in [0.5, 0.6) is 0 Å². The highest BCUT2D eigenvalue weighted by Crippen LogP contribution is 2.35. The molecular weight excluding hydrogens is 239 g/mol. The number of rotatable bonds is 1. The van der Waals surface area contributed by atoms with Crippen molar-refractivity contribution >= 4 is 39.0 Å². The molecule has 0 unspecified atom stereocenters. The van der Waals surface area contributed by atoms with Gasteiger partial charge in [-0.05, 0) is 18.2 Å². The fourth-order valence-corrected chi connectivity index (χ4v) is 2.66. The summed E-state index contributed by atoms with van der Waals surface area (Å²) in [6.07, 6.45) is 0. The zero-order chi connectivity index (χ0) is 11.0. The van der Waals surface area contributed by atoms with Gasteiger partial charge in [0.15, 0.2) is 0 Å². The lowest BCUT2D eigenvalue weighted by Gasteiger charge is -1.94. The van der Waals surface area contributed by atoms with E-state index < -0.39 is 5.97 Å². The van der Waals surface area contributed by atoms with Crippen LogP contribution >= 0.6 is 22.9 Å². The number of benzene rings is 1. The van der Waals surface area contributed by atoms with Crippen molar-refractivity contribution < 1.29 is 13.9 Å². The van der Waals surface area contributed by atoms with Gasteiger partial charge in [-0.2, -0.15) is 0 Å². The van der Waals surface area contributed by atoms with Crippen LogP contribution in [0.4, 0.5) is 4.39 Å². The summed E-state index contributed by atoms with van der Waals surface area (Å²) in [5.41, 5.74) is 0. The lowest BCUT2D eigenvalue weighted by atomic mass is 10.2. The number of hydrogen-bond acceptors (Lipinski definition) is 3. The maximum Gasteiger partial charge on any atom is 0.349 e. The summed E-state index contributed by atoms with van der Waals surface area (Å²) in [7, 11) is 1.28. The summed E-state index contributed by atoms with van der Waals surface area (Å²) < 4.78 is 18.3. The van der Waals surface area contributed by atoms with E-state index in [-0.39, 0.29) is 10.8 Å². The van der Waals surface area contributed by atoms with Crippen molar-refractivity contribution in [3.63, 3.8) is 0 Å². The Labute approximate surface area is 94.2 Å². The van der Waals surface area contributed by atoms with Crippen molar-refractivity contribution in [3.05, 3.63) is 33.9 Å². The van der Waals surface area contributed by atoms with Gasteiger partial charge >= 0.3 is 5.97 Å². The van der Waals surface area contributed by atoms with Crippen LogP contribution in [0, 0.1) is 5.82 Å². The van der Waals surface area contributed by atoms with Crippen LogP contribution in [-0.4, -0.2) is 13.1 Å². The maximum atomic E-state index is 12.9. The number of ether oxygens (including phenoxy) is 1. The summed E-state index contributed by atoms with van der Waals surface area (Å²) in [6, 6.07) is 4.23. The number of thiophene rings is 1. The average Bonchev–Trinajstić information content (AvgIpc) is 2.55. The highest BCUT2D eigenvalue weighted by Gasteiger charge is 2.17. The van der Waals surface area contributed by atoms with Crippen molar-refractivity contribution in [3.8, 4) is 0 Å². The first-order valence-corrected chi connectivity index (χ1v) is 5.29. The second-order valence-electron chi connectivity index (χ2n) is 2.88. The molecule has 78 valence electrons. The lowest BCUT2D eigenvalue weighted by Crippen LogP contribution is -1.97. The summed E-state index contributed by atoms with van der Waals surface area (Å²) in [6.45, 7) is 0. The van der Waals surface area contributed by atoms with E-state index in [1.807, 2.05) is 0 Å². The van der Waals surface area contributed by atoms with Gasteiger partial charge in [0.2, 0.25) is 0 Å². The minimum absolute atomic E-state index is 0.251. The van der Waals surface area contributed by atoms with Crippen molar-refractivity contribution in [1.29, 1.82) is 0 Å². The number of carbonyl (C=O) groups excluding carboxylic acids is 1. The second-order valence-corrected chi connectivity index (χ2v) is 4.31. The van der Waals surface area contributed by atoms with Crippen molar-refractivity contribution in [2.24, 2.45) is 0 Å². The fraction of sp³-hybridized carbons (Fsp3) is 0.100. The SMILES string of the molecule is COC(=O)c1sc2ccc(F)cc2c1Cl. The lowest BCUT2D eigenvalue weighted by molar-refractivity contribution is 0.0606. The second kappa shape index (κ2) is 3.79. The largest absolute Gasteiger partial charge is 0.465 e. The minimum Gasteiger partial charge on any atom is -0.465 e. The summed E-state index contributed by atoms with van der Waals surface area (Å²) in [4.78, 5) is 11.6. The van der Waals surface area contributed by atoms with E-state index in [0.29, 0.717) is 10.3 Å². The molecule has 0 atom stereocenters. The van der Waals surface area contributed by atoms with Gasteiger partial charge in [0, 0.05) is 10.1 Å². The van der Waals surface area contributed by atoms with Crippen LogP contribution in [0.15, 0.2) is 18.2 Å². The smallest absolute Gasteiger partial charge is 0.349 e. The van der Waals surface area contributed by atoms with Crippen molar-refractivity contribution in [1.82, 2.24) is 0 Å². The maximum absolute atomic E-state index is 12.9. The Morgan fingerprint density at radius 1 is 1.53 bits per heavy atom. The van der Waals surface area contributed by atoms with Crippen molar-refractivity contribution in [2.75, 3.05) is 7.11 Å². The van der Waals surface area contributed by atoms with E-state index in [2.05, 4.69) is 4.74 Å². The molecule has 0 aliphatic rings. The van der Waals surface area contributed by atoms with E-state index in [4.69, 9.17) is 11.6 Å². The van der Waals surface area contributed by atoms with Crippen LogP contribution < -0.4 is 0 Å². The minimum atomic E-state index is -0.499. The Morgan fingerprint density at radius 3 is 2.93 bits per heavy atom. The first-order chi connectivity index (χ1) is 7.13. The summed E-state index contributed by atoms with van der Waals surface area (Å²) in [5, 5.41) is 0.795. The molecule has 1 aromatic heterocycles. The van der Waals surface area contributed by atoms with Crippen LogP contribution in [0.1, 0.15) is 9.67 Å². The van der Waals surface area contributed by atoms with E-state index in [1.54, 1.807) is 6.07 Å². The Bertz CT molecular complexity index is 535. The number of halogens is 2. The van der Waals surface area contributed by atoms with E-state index >= 15 is 0 Å². The molecule has 1 aromatic carbocycles. The van der Waals surface area contributed by atoms with Crippen LogP contribution in [0.3, 0.4) is 0 Å². The molecule has 1 heterocycles. The molecule has 0 aliphatic heterocycles. The van der Waals surface area contributed by atoms with Crippen LogP contribution in [-0.2, 0) is 4.74 Å². The van der Waals surface area contributed by atoms with Crippen LogP contribution in [0.2, 0.25) is 5.02 Å². The van der Waals surface area contributed by atoms with Gasteiger partial charge in [0.1, 0.15) is 10.7 Å². The van der Waals surface area contributed by atoms with E-state index in [0.717, 1.165) is 4.70 Å². The summed E-state index contributed by atoms with van der Waals surface area (Å²) >= 11 is 7.14. The van der Waals surface area contributed by atoms with E-state index in [1.165, 1.54) is 30.6 Å². The third kappa shape index (κ3) is 1.70. The molecule has 0 saturated heterocycles. The molecule has 0 spiro atoms. The van der Waals surface area contributed by atoms with E-state index in [9.17, 15) is 9.18 Å². The molecule has 0 aliphatic carbocycles. The average molecular weight is 245 g/mol. The molecule has 0 fully saturated rings. The summed E-state index contributed by atoms with van der Waals surface area (Å²) in [5.74, 6) is -0.875. The number of fused-ring (bicyclic) bond motifs is 1. The fourth-order valence-electron chi connectivity index (χ4n) is 1.26. The predicted molar refractivity (Wildman–Crippen MR) is 58.1 cm³/mol. The monoisotopic (exact) mass is 244 g/mol. The topological polar surface area (TPSA) is 26.3 Å². The molecule has 0 N–H and O–H groups in total. The van der Waals surface area contributed by atoms with Gasteiger partial charge in [0.25, 0.3) is 0 Å². The zero-order valence-corrected chi connectivity index (χ0v) is 9.29. The highest BCUT2D eigenvalue weighted by molar-refractivity contribution is 7.21. The Kier molecular flexibility index (Phi) is 2.63. The Morgan fingerprint density at radius 2 is 2.27 bits per heavy atom. The molecule has 0 radical (unpaired) electrons. The number of hydrogen-bond donors (Lipinski definition) is 0. The van der Waals surface area contributed by atoms with Gasteiger partial charge in [-0.15, -0.1) is 11.3 Å². The standard InChI is InChI=1S/C10H6ClFO2S/c1-14-10(13)9-8(11)6-4-5(12)2-3-7(6)15-9/h2-4H,1H3. The zero-order valence-electron chi connectivity index (χ0n) is 7.71. The molecule has 0 bridgehead atoms. The van der Waals surface area contributed by atoms with Crippen molar-refractivity contribution in [2.45, 2.75) is 0 Å². The van der Waals surface area contributed by atoms with Crippen LogP contribution in [0.25, 0.3) is 10.1 Å². The van der Waals surface area contributed by atoms with Gasteiger partial charge in [0.05, 0.1) is 12.1 Å². The Hall–Kier alpha value is -1.13. The predicted octanol–water partition coefficient (Wildman–Crippen LogP) is 3.48. The molecular formula is C10H6ClFO2S. The first-order valence-electron chi connectivity index (χ1n) is 4.09. The van der Waals surface area contributed by atoms with Gasteiger partial charge in [-0.25, -0.2) is 9.18 Å². The highest BCUT2D eigenvalue weighted by atomic mass is 35.5. The third-order valence-corrected chi connectivity index (χ3v) is 3.62. The number of methoxy groups -OCH3 is 1. The molecule has 15 heavy (non-hydrogen) atoms. The number of esters is 1. The Balaban J connectivity index is 2.69. The molecule has 2 aromatic rings. The van der Waals surface area contributed by atoms with Gasteiger partial charge < -0.3 is 4.74 Å². The normalized spacial score (nSPS) is 10.6. The van der Waals surface area contributed by atoms with Gasteiger partial charge in [-0.3, -0.25) is 0 Å².